The lowest BCUT2D eigenvalue weighted by atomic mass is 10.1. The van der Waals surface area contributed by atoms with Crippen LogP contribution in [-0.4, -0.2) is 41.6 Å². The molecule has 1 atom stereocenters. The summed E-state index contributed by atoms with van der Waals surface area (Å²) in [6.45, 7) is 1.94. The van der Waals surface area contributed by atoms with Gasteiger partial charge in [-0.1, -0.05) is 0 Å². The summed E-state index contributed by atoms with van der Waals surface area (Å²) in [7, 11) is 0. The highest BCUT2D eigenvalue weighted by Crippen LogP contribution is 2.05. The third-order valence-corrected chi connectivity index (χ3v) is 2.07. The van der Waals surface area contributed by atoms with Crippen molar-refractivity contribution in [2.24, 2.45) is 0 Å². The summed E-state index contributed by atoms with van der Waals surface area (Å²) in [6, 6.07) is 0. The van der Waals surface area contributed by atoms with Crippen molar-refractivity contribution in [1.82, 2.24) is 15.3 Å². The third-order valence-electron chi connectivity index (χ3n) is 2.07. The zero-order chi connectivity index (χ0) is 9.80. The Balaban J connectivity index is 2.07. The average molecular weight is 193 g/mol. The van der Waals surface area contributed by atoms with E-state index in [9.17, 15) is 4.79 Å². The molecule has 2 heterocycles. The van der Waals surface area contributed by atoms with E-state index < -0.39 is 6.10 Å². The van der Waals surface area contributed by atoms with Gasteiger partial charge in [-0.25, -0.2) is 9.97 Å². The lowest BCUT2D eigenvalue weighted by molar-refractivity contribution is 0.0269. The van der Waals surface area contributed by atoms with E-state index >= 15 is 0 Å². The number of carbonyl (C=O) groups is 1. The molecule has 1 aromatic heterocycles. The highest BCUT2D eigenvalue weighted by molar-refractivity contribution is 5.99. The molecule has 0 amide bonds. The number of hydrogen-bond donors (Lipinski definition) is 1. The highest BCUT2D eigenvalue weighted by Gasteiger charge is 2.23. The summed E-state index contributed by atoms with van der Waals surface area (Å²) in [5.41, 5.74) is 0.501. The first-order valence-electron chi connectivity index (χ1n) is 4.49. The van der Waals surface area contributed by atoms with Crippen LogP contribution in [0.25, 0.3) is 0 Å². The smallest absolute Gasteiger partial charge is 0.195 e. The van der Waals surface area contributed by atoms with Gasteiger partial charge < -0.3 is 10.1 Å². The van der Waals surface area contributed by atoms with E-state index in [1.807, 2.05) is 0 Å². The van der Waals surface area contributed by atoms with Gasteiger partial charge in [0, 0.05) is 25.5 Å². The van der Waals surface area contributed by atoms with Gasteiger partial charge in [-0.3, -0.25) is 4.79 Å². The van der Waals surface area contributed by atoms with Crippen LogP contribution in [-0.2, 0) is 4.74 Å². The van der Waals surface area contributed by atoms with Crippen LogP contribution < -0.4 is 5.32 Å². The molecule has 1 fully saturated rings. The zero-order valence-electron chi connectivity index (χ0n) is 7.64. The molecule has 0 radical (unpaired) electrons. The number of nitrogens with zero attached hydrogens (tertiary/aromatic N) is 2. The maximum atomic E-state index is 11.8. The molecule has 1 aromatic rings. The van der Waals surface area contributed by atoms with E-state index in [2.05, 4.69) is 15.3 Å². The van der Waals surface area contributed by atoms with Gasteiger partial charge in [0.25, 0.3) is 0 Å². The van der Waals surface area contributed by atoms with Crippen LogP contribution in [0.4, 0.5) is 0 Å². The largest absolute Gasteiger partial charge is 0.367 e. The van der Waals surface area contributed by atoms with Crippen LogP contribution in [0.2, 0.25) is 0 Å². The minimum atomic E-state index is -0.394. The minimum absolute atomic E-state index is 0.0576. The van der Waals surface area contributed by atoms with E-state index in [0.29, 0.717) is 18.7 Å². The number of morpholine rings is 1. The number of aromatic nitrogens is 2. The first kappa shape index (κ1) is 9.23. The van der Waals surface area contributed by atoms with Crippen LogP contribution in [0.15, 0.2) is 18.7 Å². The summed E-state index contributed by atoms with van der Waals surface area (Å²) in [5.74, 6) is -0.0576. The molecule has 5 heteroatoms. The molecule has 0 saturated carbocycles. The van der Waals surface area contributed by atoms with Gasteiger partial charge in [-0.15, -0.1) is 0 Å². The first-order valence-corrected chi connectivity index (χ1v) is 4.49. The summed E-state index contributed by atoms with van der Waals surface area (Å²) < 4.78 is 5.33. The molecule has 0 aliphatic carbocycles. The second kappa shape index (κ2) is 4.26. The quantitative estimate of drug-likeness (QED) is 0.650. The Morgan fingerprint density at radius 1 is 1.50 bits per heavy atom. The SMILES string of the molecule is O=C(c1cncnc1)C1CNCCO1. The minimum Gasteiger partial charge on any atom is -0.367 e. The van der Waals surface area contributed by atoms with Gasteiger partial charge in [0.05, 0.1) is 12.2 Å². The number of ketones is 1. The van der Waals surface area contributed by atoms with Gasteiger partial charge in [-0.05, 0) is 0 Å². The lowest BCUT2D eigenvalue weighted by Crippen LogP contribution is -2.43. The molecular weight excluding hydrogens is 182 g/mol. The second-order valence-corrected chi connectivity index (χ2v) is 3.05. The Labute approximate surface area is 81.5 Å². The maximum absolute atomic E-state index is 11.8. The van der Waals surface area contributed by atoms with E-state index in [0.717, 1.165) is 6.54 Å². The van der Waals surface area contributed by atoms with Crippen molar-refractivity contribution in [1.29, 1.82) is 0 Å². The van der Waals surface area contributed by atoms with Crippen LogP contribution in [0.5, 0.6) is 0 Å². The fourth-order valence-corrected chi connectivity index (χ4v) is 1.35. The number of hydrogen-bond acceptors (Lipinski definition) is 5. The fraction of sp³-hybridized carbons (Fsp3) is 0.444. The molecule has 1 aliphatic rings. The number of nitrogens with one attached hydrogen (secondary N) is 1. The Bertz CT molecular complexity index is 309. The number of Topliss-reactive ketones (excluding diaryl/α,β-unsaturated/α-hetero) is 1. The van der Waals surface area contributed by atoms with Crippen molar-refractivity contribution in [3.8, 4) is 0 Å². The highest BCUT2D eigenvalue weighted by atomic mass is 16.5. The molecule has 0 aromatic carbocycles. The van der Waals surface area contributed by atoms with Gasteiger partial charge in [0.2, 0.25) is 0 Å². The standard InChI is InChI=1S/C9H11N3O2/c13-9(7-3-11-6-12-4-7)8-5-10-1-2-14-8/h3-4,6,8,10H,1-2,5H2. The molecular formula is C9H11N3O2. The molecule has 2 rings (SSSR count). The Hall–Kier alpha value is -1.33. The topological polar surface area (TPSA) is 64.1 Å². The van der Waals surface area contributed by atoms with Crippen molar-refractivity contribution in [2.45, 2.75) is 6.10 Å². The third kappa shape index (κ3) is 1.94. The van der Waals surface area contributed by atoms with Gasteiger partial charge in [0.1, 0.15) is 12.4 Å². The Morgan fingerprint density at radius 3 is 2.93 bits per heavy atom. The average Bonchev–Trinajstić information content (AvgIpc) is 2.30. The predicted octanol–water partition coefficient (Wildman–Crippen LogP) is -0.352. The first-order chi connectivity index (χ1) is 6.88. The van der Waals surface area contributed by atoms with Crippen LogP contribution in [0.3, 0.4) is 0 Å². The molecule has 1 aliphatic heterocycles. The summed E-state index contributed by atoms with van der Waals surface area (Å²) >= 11 is 0. The molecule has 0 spiro atoms. The van der Waals surface area contributed by atoms with Crippen molar-refractivity contribution >= 4 is 5.78 Å². The molecule has 74 valence electrons. The molecule has 5 nitrogen and oxygen atoms in total. The van der Waals surface area contributed by atoms with E-state index in [1.54, 1.807) is 0 Å². The second-order valence-electron chi connectivity index (χ2n) is 3.05. The molecule has 1 unspecified atom stereocenters. The summed E-state index contributed by atoms with van der Waals surface area (Å²) in [6.07, 6.45) is 4.02. The van der Waals surface area contributed by atoms with E-state index in [1.165, 1.54) is 18.7 Å². The lowest BCUT2D eigenvalue weighted by Gasteiger charge is -2.22. The number of rotatable bonds is 2. The van der Waals surface area contributed by atoms with Gasteiger partial charge in [0.15, 0.2) is 5.78 Å². The Morgan fingerprint density at radius 2 is 2.29 bits per heavy atom. The van der Waals surface area contributed by atoms with Crippen molar-refractivity contribution < 1.29 is 9.53 Å². The van der Waals surface area contributed by atoms with Crippen LogP contribution in [0, 0.1) is 0 Å². The predicted molar refractivity (Wildman–Crippen MR) is 49.0 cm³/mol. The van der Waals surface area contributed by atoms with Crippen molar-refractivity contribution in [2.75, 3.05) is 19.7 Å². The van der Waals surface area contributed by atoms with Crippen LogP contribution in [0.1, 0.15) is 10.4 Å². The molecule has 0 bridgehead atoms. The summed E-state index contributed by atoms with van der Waals surface area (Å²) in [5, 5.41) is 3.10. The Kier molecular flexibility index (Phi) is 2.81. The summed E-state index contributed by atoms with van der Waals surface area (Å²) in [4.78, 5) is 19.3. The molecule has 1 saturated heterocycles. The maximum Gasteiger partial charge on any atom is 0.195 e. The van der Waals surface area contributed by atoms with E-state index in [-0.39, 0.29) is 5.78 Å². The monoisotopic (exact) mass is 193 g/mol. The number of ether oxygens (including phenoxy) is 1. The number of carbonyl (C=O) groups excluding carboxylic acids is 1. The van der Waals surface area contributed by atoms with Gasteiger partial charge >= 0.3 is 0 Å². The molecule has 1 N–H and O–H groups in total. The zero-order valence-corrected chi connectivity index (χ0v) is 7.64. The normalized spacial score (nSPS) is 21.9. The van der Waals surface area contributed by atoms with Crippen molar-refractivity contribution in [3.63, 3.8) is 0 Å². The molecule has 14 heavy (non-hydrogen) atoms. The van der Waals surface area contributed by atoms with Crippen LogP contribution >= 0.6 is 0 Å². The fourth-order valence-electron chi connectivity index (χ4n) is 1.35. The van der Waals surface area contributed by atoms with E-state index in [4.69, 9.17) is 4.74 Å². The van der Waals surface area contributed by atoms with Crippen molar-refractivity contribution in [3.05, 3.63) is 24.3 Å². The van der Waals surface area contributed by atoms with Gasteiger partial charge in [-0.2, -0.15) is 0 Å².